The Hall–Kier alpha value is -2.90. The number of phenols is 2. The van der Waals surface area contributed by atoms with E-state index in [2.05, 4.69) is 20.6 Å². The Kier molecular flexibility index (Phi) is 4.97. The van der Waals surface area contributed by atoms with Crippen molar-refractivity contribution in [3.63, 3.8) is 0 Å². The van der Waals surface area contributed by atoms with Crippen LogP contribution in [0.2, 0.25) is 5.02 Å². The van der Waals surface area contributed by atoms with Crippen molar-refractivity contribution in [1.82, 2.24) is 9.97 Å². The van der Waals surface area contributed by atoms with Gasteiger partial charge < -0.3 is 20.8 Å². The van der Waals surface area contributed by atoms with Crippen LogP contribution in [0, 0.1) is 0 Å². The summed E-state index contributed by atoms with van der Waals surface area (Å²) >= 11 is 11.2. The molecule has 126 valence electrons. The second kappa shape index (κ2) is 7.33. The fraction of sp³-hybridized carbons (Fsp3) is 0. The number of nitrogens with zero attached hydrogens (tertiary/aromatic N) is 2. The van der Waals surface area contributed by atoms with Gasteiger partial charge in [0.25, 0.3) is 0 Å². The number of hydrogen-bond donors (Lipinski definition) is 4. The van der Waals surface area contributed by atoms with Gasteiger partial charge in [0.15, 0.2) is 5.82 Å². The molecule has 25 heavy (non-hydrogen) atoms. The molecule has 0 unspecified atom stereocenters. The minimum Gasteiger partial charge on any atom is -0.508 e. The smallest absolute Gasteiger partial charge is 0.229 e. The van der Waals surface area contributed by atoms with Crippen LogP contribution in [-0.4, -0.2) is 25.5 Å². The quantitative estimate of drug-likeness (QED) is 0.494. The van der Waals surface area contributed by atoms with Gasteiger partial charge in [-0.3, -0.25) is 0 Å². The van der Waals surface area contributed by atoms with Gasteiger partial charge in [-0.25, -0.2) is 4.98 Å². The highest BCUT2D eigenvalue weighted by Crippen LogP contribution is 2.29. The van der Waals surface area contributed by atoms with Gasteiger partial charge in [-0.05, 0) is 24.3 Å². The molecular weight excluding hydrogens is 360 g/mol. The molecule has 0 atom stereocenters. The van der Waals surface area contributed by atoms with Crippen LogP contribution in [0.3, 0.4) is 0 Å². The van der Waals surface area contributed by atoms with Crippen molar-refractivity contribution in [3.05, 3.63) is 59.2 Å². The fourth-order valence-corrected chi connectivity index (χ4v) is 2.54. The molecule has 4 N–H and O–H groups in total. The first kappa shape index (κ1) is 16.9. The molecule has 8 heteroatoms. The average molecular weight is 373 g/mol. The second-order valence-electron chi connectivity index (χ2n) is 5.06. The van der Waals surface area contributed by atoms with Crippen LogP contribution in [-0.2, 0) is 0 Å². The predicted octanol–water partition coefficient (Wildman–Crippen LogP) is 4.38. The Morgan fingerprint density at radius 1 is 0.920 bits per heavy atom. The molecule has 0 amide bonds. The third kappa shape index (κ3) is 4.14. The number of hydrogen-bond acceptors (Lipinski definition) is 7. The summed E-state index contributed by atoms with van der Waals surface area (Å²) in [4.78, 5) is 8.59. The molecule has 0 saturated heterocycles. The van der Waals surface area contributed by atoms with Gasteiger partial charge in [-0.15, -0.1) is 0 Å². The lowest BCUT2D eigenvalue weighted by atomic mass is 10.3. The second-order valence-corrected chi connectivity index (χ2v) is 5.68. The molecule has 0 aliphatic rings. The molecule has 0 aliphatic heterocycles. The highest BCUT2D eigenvalue weighted by Gasteiger charge is 2.12. The predicted molar refractivity (Wildman–Crippen MR) is 103 cm³/mol. The molecule has 3 rings (SSSR count). The van der Waals surface area contributed by atoms with Crippen LogP contribution in [0.15, 0.2) is 48.5 Å². The summed E-state index contributed by atoms with van der Waals surface area (Å²) in [6.45, 7) is 0. The van der Waals surface area contributed by atoms with Crippen molar-refractivity contribution in [2.75, 3.05) is 10.6 Å². The molecule has 2 aromatic carbocycles. The maximum atomic E-state index is 9.57. The number of phenolic OH excluding ortho intramolecular Hbond substituents is 2. The first-order valence-electron chi connectivity index (χ1n) is 7.20. The van der Waals surface area contributed by atoms with Gasteiger partial charge in [-0.2, -0.15) is 4.98 Å². The first-order valence-corrected chi connectivity index (χ1v) is 8.05. The van der Waals surface area contributed by atoms with Crippen molar-refractivity contribution in [1.29, 1.82) is 0 Å². The Balaban J connectivity index is 1.96. The average Bonchev–Trinajstić information content (AvgIpc) is 2.57. The van der Waals surface area contributed by atoms with Crippen LogP contribution >= 0.6 is 23.8 Å². The maximum absolute atomic E-state index is 9.57. The Morgan fingerprint density at radius 2 is 1.52 bits per heavy atom. The van der Waals surface area contributed by atoms with E-state index in [1.165, 1.54) is 17.5 Å². The lowest BCUT2D eigenvalue weighted by Crippen LogP contribution is -2.05. The number of thiocarbonyl (C=S) groups is 1. The lowest BCUT2D eigenvalue weighted by Gasteiger charge is -2.12. The molecule has 6 nitrogen and oxygen atoms in total. The summed E-state index contributed by atoms with van der Waals surface area (Å²) in [7, 11) is 0. The monoisotopic (exact) mass is 372 g/mol. The van der Waals surface area contributed by atoms with E-state index in [-0.39, 0.29) is 22.5 Å². The van der Waals surface area contributed by atoms with Crippen molar-refractivity contribution >= 4 is 52.3 Å². The van der Waals surface area contributed by atoms with E-state index in [1.54, 1.807) is 36.4 Å². The normalized spacial score (nSPS) is 10.3. The number of anilines is 4. The molecule has 0 saturated carbocycles. The fourth-order valence-electron chi connectivity index (χ4n) is 2.11. The minimum absolute atomic E-state index is 0.114. The zero-order chi connectivity index (χ0) is 17.8. The van der Waals surface area contributed by atoms with Gasteiger partial charge in [0, 0.05) is 28.9 Å². The number of halogens is 1. The lowest BCUT2D eigenvalue weighted by molar-refractivity contribution is 0.475. The maximum Gasteiger partial charge on any atom is 0.229 e. The summed E-state index contributed by atoms with van der Waals surface area (Å²) in [6, 6.07) is 13.1. The summed E-state index contributed by atoms with van der Waals surface area (Å²) < 4.78 is 0. The largest absolute Gasteiger partial charge is 0.508 e. The molecule has 0 aliphatic carbocycles. The summed E-state index contributed by atoms with van der Waals surface area (Å²) in [5.74, 6) is 0.824. The summed E-state index contributed by atoms with van der Waals surface area (Å²) in [5.41, 5.74) is 1.59. The molecule has 0 fully saturated rings. The van der Waals surface area contributed by atoms with Gasteiger partial charge in [0.05, 0.1) is 0 Å². The summed E-state index contributed by atoms with van der Waals surface area (Å²) in [5, 5.41) is 26.8. The standard InChI is InChI=1S/C17H13ClN4O2S/c18-15-14(9-25)21-17(20-11-4-2-6-13(24)8-11)22-16(15)19-10-3-1-5-12(23)7-10/h1-9,23-24H,(H2,19,20,21,22). The molecule has 0 bridgehead atoms. The third-order valence-corrected chi connectivity index (χ3v) is 3.80. The Morgan fingerprint density at radius 3 is 2.08 bits per heavy atom. The van der Waals surface area contributed by atoms with Crippen molar-refractivity contribution in [3.8, 4) is 11.5 Å². The Labute approximate surface area is 154 Å². The molecule has 1 aromatic heterocycles. The van der Waals surface area contributed by atoms with Gasteiger partial charge in [-0.1, -0.05) is 36.0 Å². The zero-order valence-electron chi connectivity index (χ0n) is 12.8. The summed E-state index contributed by atoms with van der Waals surface area (Å²) in [6.07, 6.45) is 0. The van der Waals surface area contributed by atoms with Crippen LogP contribution in [0.5, 0.6) is 11.5 Å². The van der Waals surface area contributed by atoms with Crippen molar-refractivity contribution in [2.24, 2.45) is 0 Å². The van der Waals surface area contributed by atoms with E-state index in [1.807, 2.05) is 0 Å². The molecular formula is C17H13ClN4O2S. The molecule has 0 spiro atoms. The zero-order valence-corrected chi connectivity index (χ0v) is 14.3. The number of rotatable bonds is 5. The minimum atomic E-state index is 0.114. The van der Waals surface area contributed by atoms with Gasteiger partial charge in [0.1, 0.15) is 22.2 Å². The van der Waals surface area contributed by atoms with Gasteiger partial charge >= 0.3 is 0 Å². The number of aromatic nitrogens is 2. The van der Waals surface area contributed by atoms with Crippen molar-refractivity contribution < 1.29 is 10.2 Å². The topological polar surface area (TPSA) is 90.3 Å². The molecule has 1 heterocycles. The third-order valence-electron chi connectivity index (χ3n) is 3.20. The van der Waals surface area contributed by atoms with Crippen LogP contribution < -0.4 is 10.6 Å². The Bertz CT molecular complexity index is 936. The van der Waals surface area contributed by atoms with E-state index in [0.29, 0.717) is 22.9 Å². The van der Waals surface area contributed by atoms with Crippen molar-refractivity contribution in [2.45, 2.75) is 0 Å². The van der Waals surface area contributed by atoms with Crippen LogP contribution in [0.1, 0.15) is 5.69 Å². The first-order chi connectivity index (χ1) is 12.0. The SMILES string of the molecule is Oc1cccc(Nc2nc(C=S)c(Cl)c(Nc3cccc(O)c3)n2)c1. The highest BCUT2D eigenvalue weighted by molar-refractivity contribution is 7.79. The molecule has 3 aromatic rings. The van der Waals surface area contributed by atoms with E-state index >= 15 is 0 Å². The van der Waals surface area contributed by atoms with Gasteiger partial charge in [0.2, 0.25) is 5.95 Å². The number of nitrogens with one attached hydrogen (secondary N) is 2. The van der Waals surface area contributed by atoms with E-state index in [0.717, 1.165) is 0 Å². The van der Waals surface area contributed by atoms with Crippen LogP contribution in [0.25, 0.3) is 0 Å². The van der Waals surface area contributed by atoms with E-state index < -0.39 is 0 Å². The van der Waals surface area contributed by atoms with E-state index in [9.17, 15) is 10.2 Å². The number of benzene rings is 2. The number of aromatic hydroxyl groups is 2. The highest BCUT2D eigenvalue weighted by atomic mass is 35.5. The van der Waals surface area contributed by atoms with E-state index in [4.69, 9.17) is 23.8 Å². The molecule has 0 radical (unpaired) electrons. The van der Waals surface area contributed by atoms with Crippen LogP contribution in [0.4, 0.5) is 23.1 Å².